The van der Waals surface area contributed by atoms with E-state index in [4.69, 9.17) is 14.0 Å². The summed E-state index contributed by atoms with van der Waals surface area (Å²) < 4.78 is 17.4. The van der Waals surface area contributed by atoms with Crippen LogP contribution in [0.5, 0.6) is 11.5 Å². The molecule has 3 aliphatic rings. The number of amides is 2. The highest BCUT2D eigenvalue weighted by Gasteiger charge is 2.41. The molecule has 2 amide bonds. The van der Waals surface area contributed by atoms with Gasteiger partial charge in [-0.15, -0.1) is 10.2 Å². The Kier molecular flexibility index (Phi) is 7.08. The maximum Gasteiger partial charge on any atom is 0.410 e. The highest BCUT2D eigenvalue weighted by Crippen LogP contribution is 2.37. The molecule has 3 fully saturated rings. The van der Waals surface area contributed by atoms with Crippen molar-refractivity contribution in [2.24, 2.45) is 0 Å². The lowest BCUT2D eigenvalue weighted by atomic mass is 10.1. The van der Waals surface area contributed by atoms with E-state index in [2.05, 4.69) is 34.2 Å². The summed E-state index contributed by atoms with van der Waals surface area (Å²) >= 11 is 1.58. The van der Waals surface area contributed by atoms with Crippen molar-refractivity contribution in [3.8, 4) is 33.5 Å². The first-order valence-corrected chi connectivity index (χ1v) is 15.5. The molecule has 12 heteroatoms. The first-order chi connectivity index (χ1) is 20.8. The second-order valence-electron chi connectivity index (χ2n) is 11.8. The van der Waals surface area contributed by atoms with Gasteiger partial charge in [-0.2, -0.15) is 4.98 Å². The summed E-state index contributed by atoms with van der Waals surface area (Å²) in [5.41, 5.74) is 2.46. The normalized spacial score (nSPS) is 20.4. The van der Waals surface area contributed by atoms with Gasteiger partial charge >= 0.3 is 6.09 Å². The van der Waals surface area contributed by atoms with E-state index in [1.165, 1.54) is 0 Å². The Labute approximate surface area is 252 Å². The molecule has 11 nitrogen and oxygen atoms in total. The lowest BCUT2D eigenvalue weighted by molar-refractivity contribution is -0.128. The van der Waals surface area contributed by atoms with Crippen molar-refractivity contribution >= 4 is 23.3 Å². The minimum Gasteiger partial charge on any atom is -0.457 e. The largest absolute Gasteiger partial charge is 0.457 e. The molecule has 1 unspecified atom stereocenters. The van der Waals surface area contributed by atoms with Gasteiger partial charge in [0.25, 0.3) is 5.89 Å². The average molecular weight is 601 g/mol. The number of carbonyl (C=O) groups excluding carboxylic acids is 2. The van der Waals surface area contributed by atoms with Gasteiger partial charge in [0.05, 0.1) is 13.1 Å². The van der Waals surface area contributed by atoms with Crippen molar-refractivity contribution in [1.29, 1.82) is 0 Å². The van der Waals surface area contributed by atoms with Crippen molar-refractivity contribution in [3.63, 3.8) is 0 Å². The van der Waals surface area contributed by atoms with Gasteiger partial charge in [0.1, 0.15) is 27.6 Å². The maximum atomic E-state index is 12.5. The number of likely N-dealkylation sites (tertiary alicyclic amines) is 1. The van der Waals surface area contributed by atoms with Gasteiger partial charge in [-0.3, -0.25) is 4.79 Å². The van der Waals surface area contributed by atoms with Crippen LogP contribution in [0.3, 0.4) is 0 Å². The summed E-state index contributed by atoms with van der Waals surface area (Å²) in [4.78, 5) is 33.1. The number of carbonyl (C=O) groups is 2. The first kappa shape index (κ1) is 27.5. The van der Waals surface area contributed by atoms with E-state index < -0.39 is 0 Å². The average Bonchev–Trinajstić information content (AvgIpc) is 3.34. The molecule has 0 N–H and O–H groups in total. The van der Waals surface area contributed by atoms with E-state index in [0.29, 0.717) is 66.8 Å². The van der Waals surface area contributed by atoms with Gasteiger partial charge in [0.15, 0.2) is 5.82 Å². The number of aromatic nitrogens is 4. The highest BCUT2D eigenvalue weighted by atomic mass is 32.1. The van der Waals surface area contributed by atoms with Crippen molar-refractivity contribution in [2.75, 3.05) is 13.1 Å². The third-order valence-corrected chi connectivity index (χ3v) is 9.20. The summed E-state index contributed by atoms with van der Waals surface area (Å²) in [5.74, 6) is 2.49. The fourth-order valence-electron chi connectivity index (χ4n) is 5.46. The van der Waals surface area contributed by atoms with Crippen LogP contribution >= 0.6 is 11.3 Å². The van der Waals surface area contributed by atoms with Gasteiger partial charge in [-0.25, -0.2) is 4.79 Å². The third-order valence-electron chi connectivity index (χ3n) is 7.93. The molecule has 7 rings (SSSR count). The number of benzene rings is 2. The van der Waals surface area contributed by atoms with Crippen molar-refractivity contribution in [3.05, 3.63) is 58.9 Å². The van der Waals surface area contributed by atoms with Gasteiger partial charge in [0.2, 0.25) is 5.91 Å². The van der Waals surface area contributed by atoms with Crippen molar-refractivity contribution in [1.82, 2.24) is 30.1 Å². The van der Waals surface area contributed by atoms with Crippen LogP contribution in [0.2, 0.25) is 0 Å². The monoisotopic (exact) mass is 600 g/mol. The molecule has 1 saturated carbocycles. The van der Waals surface area contributed by atoms with Crippen LogP contribution in [0.25, 0.3) is 22.0 Å². The van der Waals surface area contributed by atoms with E-state index in [0.717, 1.165) is 34.0 Å². The van der Waals surface area contributed by atoms with Crippen LogP contribution < -0.4 is 4.74 Å². The number of rotatable bonds is 9. The molecule has 0 radical (unpaired) electrons. The van der Waals surface area contributed by atoms with Crippen LogP contribution in [0, 0.1) is 0 Å². The Morgan fingerprint density at radius 2 is 1.84 bits per heavy atom. The second kappa shape index (κ2) is 11.1. The topological polar surface area (TPSA) is 124 Å². The van der Waals surface area contributed by atoms with Gasteiger partial charge < -0.3 is 23.8 Å². The molecule has 2 saturated heterocycles. The second-order valence-corrected chi connectivity index (χ2v) is 12.8. The molecular weight excluding hydrogens is 568 g/mol. The fourth-order valence-corrected chi connectivity index (χ4v) is 6.31. The zero-order chi connectivity index (χ0) is 29.7. The molecule has 0 bridgehead atoms. The van der Waals surface area contributed by atoms with Crippen LogP contribution in [0.4, 0.5) is 4.79 Å². The number of ether oxygens (including phenoxy) is 2. The minimum absolute atomic E-state index is 0.0769. The number of cyclic esters (lactones) is 1. The predicted molar refractivity (Wildman–Crippen MR) is 158 cm³/mol. The van der Waals surface area contributed by atoms with E-state index in [9.17, 15) is 9.59 Å². The molecule has 2 atom stereocenters. The molecule has 43 heavy (non-hydrogen) atoms. The molecule has 4 heterocycles. The summed E-state index contributed by atoms with van der Waals surface area (Å²) in [6.45, 7) is 7.53. The Morgan fingerprint density at radius 1 is 1.05 bits per heavy atom. The Balaban J connectivity index is 1.14. The van der Waals surface area contributed by atoms with Crippen LogP contribution in [0.1, 0.15) is 68.3 Å². The van der Waals surface area contributed by atoms with Crippen LogP contribution in [-0.2, 0) is 16.1 Å². The standard InChI is InChI=1S/C31H32N6O5S/c1-17(2)29-33-34-30(43-29)19-6-10-24(11-7-19)41-25-12-20(4-5-21(25)15-36-14-18(3)40-31(36)39)28-32-27(35-42-28)22-13-26(38)37(16-22)23-8-9-23/h4-7,10-12,17-18,22-23H,8-9,13-16H2,1-3H3/t18?,22-/m0/s1. The molecule has 2 aliphatic heterocycles. The summed E-state index contributed by atoms with van der Waals surface area (Å²) in [5, 5.41) is 14.7. The van der Waals surface area contributed by atoms with E-state index in [1.54, 1.807) is 16.2 Å². The molecule has 222 valence electrons. The lowest BCUT2D eigenvalue weighted by Crippen LogP contribution is -2.27. The summed E-state index contributed by atoms with van der Waals surface area (Å²) in [6, 6.07) is 13.7. The third kappa shape index (κ3) is 5.71. The smallest absolute Gasteiger partial charge is 0.410 e. The van der Waals surface area contributed by atoms with Gasteiger partial charge in [-0.1, -0.05) is 36.4 Å². The van der Waals surface area contributed by atoms with Gasteiger partial charge in [0, 0.05) is 47.5 Å². The fraction of sp³-hybridized carbons (Fsp3) is 0.419. The van der Waals surface area contributed by atoms with Gasteiger partial charge in [-0.05, 0) is 56.2 Å². The van der Waals surface area contributed by atoms with Crippen molar-refractivity contribution in [2.45, 2.75) is 70.6 Å². The number of hydrogen-bond acceptors (Lipinski definition) is 10. The summed E-state index contributed by atoms with van der Waals surface area (Å²) in [6.07, 6.45) is 2.03. The Bertz CT molecular complexity index is 1660. The van der Waals surface area contributed by atoms with E-state index >= 15 is 0 Å². The summed E-state index contributed by atoms with van der Waals surface area (Å²) in [7, 11) is 0. The van der Waals surface area contributed by atoms with Crippen molar-refractivity contribution < 1.29 is 23.6 Å². The predicted octanol–water partition coefficient (Wildman–Crippen LogP) is 5.99. The van der Waals surface area contributed by atoms with E-state index in [1.807, 2.05) is 54.3 Å². The molecular formula is C31H32N6O5S. The first-order valence-electron chi connectivity index (χ1n) is 14.6. The molecule has 2 aromatic carbocycles. The van der Waals surface area contributed by atoms with Crippen LogP contribution in [0.15, 0.2) is 47.0 Å². The molecule has 4 aromatic rings. The molecule has 2 aromatic heterocycles. The SMILES string of the molecule is CC1CN(Cc2ccc(-c3nc([C@H]4CC(=O)N(C5CC5)C4)no3)cc2Oc2ccc(-c3nnc(C(C)C)s3)cc2)C(=O)O1. The maximum absolute atomic E-state index is 12.5. The zero-order valence-corrected chi connectivity index (χ0v) is 25.0. The Morgan fingerprint density at radius 3 is 2.53 bits per heavy atom. The number of nitrogens with zero attached hydrogens (tertiary/aromatic N) is 6. The zero-order valence-electron chi connectivity index (χ0n) is 24.2. The van der Waals surface area contributed by atoms with Crippen LogP contribution in [-0.4, -0.2) is 67.4 Å². The molecule has 0 spiro atoms. The highest BCUT2D eigenvalue weighted by molar-refractivity contribution is 7.14. The quantitative estimate of drug-likeness (QED) is 0.228. The minimum atomic E-state index is -0.349. The number of hydrogen-bond donors (Lipinski definition) is 0. The van der Waals surface area contributed by atoms with E-state index in [-0.39, 0.29) is 24.0 Å². The lowest BCUT2D eigenvalue weighted by Gasteiger charge is -2.17. The molecule has 1 aliphatic carbocycles. The Hall–Kier alpha value is -4.32.